The Balaban J connectivity index is 2.32. The molecule has 1 aliphatic rings. The van der Waals surface area contributed by atoms with Gasteiger partial charge in [-0.1, -0.05) is 12.1 Å². The molecule has 0 bridgehead atoms. The van der Waals surface area contributed by atoms with Crippen molar-refractivity contribution < 1.29 is 24.5 Å². The molecule has 5 nitrogen and oxygen atoms in total. The number of carboxylic acid groups (broad SMARTS) is 1. The van der Waals surface area contributed by atoms with E-state index < -0.39 is 24.0 Å². The minimum absolute atomic E-state index is 0.0181. The van der Waals surface area contributed by atoms with E-state index >= 15 is 0 Å². The Kier molecular flexibility index (Phi) is 2.52. The van der Waals surface area contributed by atoms with Gasteiger partial charge < -0.3 is 14.9 Å². The molecule has 2 atom stereocenters. The third kappa shape index (κ3) is 1.84. The number of ether oxygens (including phenoxy) is 1. The average Bonchev–Trinajstić information content (AvgIpc) is 2.60. The molecule has 84 valence electrons. The number of aromatic hydroxyl groups is 1. The SMILES string of the molecule is O=C1C[C@H](C(=O)O)[C@H](c2cccc(O)c2)O1. The lowest BCUT2D eigenvalue weighted by molar-refractivity contribution is -0.144. The van der Waals surface area contributed by atoms with Gasteiger partial charge in [-0.05, 0) is 17.7 Å². The van der Waals surface area contributed by atoms with E-state index in [0.29, 0.717) is 5.56 Å². The topological polar surface area (TPSA) is 83.8 Å². The molecule has 2 N–H and O–H groups in total. The van der Waals surface area contributed by atoms with Crippen LogP contribution in [0.15, 0.2) is 24.3 Å². The van der Waals surface area contributed by atoms with Gasteiger partial charge in [-0.3, -0.25) is 9.59 Å². The summed E-state index contributed by atoms with van der Waals surface area (Å²) in [6, 6.07) is 6.07. The molecule has 1 heterocycles. The van der Waals surface area contributed by atoms with Gasteiger partial charge in [0.25, 0.3) is 0 Å². The minimum atomic E-state index is -1.07. The first kappa shape index (κ1) is 10.5. The monoisotopic (exact) mass is 222 g/mol. The molecule has 0 spiro atoms. The van der Waals surface area contributed by atoms with Crippen molar-refractivity contribution in [3.8, 4) is 5.75 Å². The number of cyclic esters (lactones) is 1. The largest absolute Gasteiger partial charge is 0.508 e. The smallest absolute Gasteiger partial charge is 0.311 e. The Bertz CT molecular complexity index is 440. The summed E-state index contributed by atoms with van der Waals surface area (Å²) in [6.45, 7) is 0. The number of carboxylic acids is 1. The number of carbonyl (C=O) groups excluding carboxylic acids is 1. The molecule has 2 rings (SSSR count). The summed E-state index contributed by atoms with van der Waals surface area (Å²) in [5, 5.41) is 18.2. The first-order valence-electron chi connectivity index (χ1n) is 4.79. The summed E-state index contributed by atoms with van der Waals surface area (Å²) in [6.07, 6.45) is -0.938. The third-order valence-electron chi connectivity index (χ3n) is 2.53. The van der Waals surface area contributed by atoms with Crippen LogP contribution < -0.4 is 0 Å². The van der Waals surface area contributed by atoms with E-state index in [2.05, 4.69) is 0 Å². The lowest BCUT2D eigenvalue weighted by Gasteiger charge is -2.14. The lowest BCUT2D eigenvalue weighted by atomic mass is 9.95. The van der Waals surface area contributed by atoms with E-state index in [-0.39, 0.29) is 12.2 Å². The minimum Gasteiger partial charge on any atom is -0.508 e. The van der Waals surface area contributed by atoms with Crippen LogP contribution in [0.1, 0.15) is 18.1 Å². The van der Waals surface area contributed by atoms with E-state index in [4.69, 9.17) is 9.84 Å². The van der Waals surface area contributed by atoms with E-state index in [0.717, 1.165) is 0 Å². The highest BCUT2D eigenvalue weighted by Gasteiger charge is 2.40. The fourth-order valence-corrected chi connectivity index (χ4v) is 1.78. The number of aliphatic carboxylic acids is 1. The molecule has 16 heavy (non-hydrogen) atoms. The predicted molar refractivity (Wildman–Crippen MR) is 52.7 cm³/mol. The number of rotatable bonds is 2. The summed E-state index contributed by atoms with van der Waals surface area (Å²) >= 11 is 0. The molecule has 1 aromatic carbocycles. The van der Waals surface area contributed by atoms with Crippen molar-refractivity contribution >= 4 is 11.9 Å². The van der Waals surface area contributed by atoms with E-state index in [1.54, 1.807) is 12.1 Å². The molecule has 0 radical (unpaired) electrons. The molecule has 0 unspecified atom stereocenters. The van der Waals surface area contributed by atoms with Crippen molar-refractivity contribution in [2.24, 2.45) is 5.92 Å². The predicted octanol–water partition coefficient (Wildman–Crippen LogP) is 1.08. The van der Waals surface area contributed by atoms with Gasteiger partial charge in [-0.25, -0.2) is 0 Å². The van der Waals surface area contributed by atoms with E-state index in [9.17, 15) is 14.7 Å². The standard InChI is InChI=1S/C11H10O5/c12-7-3-1-2-6(4-7)10-8(11(14)15)5-9(13)16-10/h1-4,8,10,12H,5H2,(H,14,15)/t8-,10-/m0/s1. The molecule has 0 amide bonds. The number of phenolic OH excluding ortho intramolecular Hbond substituents is 1. The van der Waals surface area contributed by atoms with Gasteiger partial charge in [-0.2, -0.15) is 0 Å². The van der Waals surface area contributed by atoms with Gasteiger partial charge >= 0.3 is 11.9 Å². The first-order chi connectivity index (χ1) is 7.58. The highest BCUT2D eigenvalue weighted by atomic mass is 16.6. The van der Waals surface area contributed by atoms with Crippen molar-refractivity contribution in [2.45, 2.75) is 12.5 Å². The van der Waals surface area contributed by atoms with Gasteiger partial charge in [-0.15, -0.1) is 0 Å². The van der Waals surface area contributed by atoms with Gasteiger partial charge in [0.05, 0.1) is 6.42 Å². The zero-order valence-corrected chi connectivity index (χ0v) is 8.29. The highest BCUT2D eigenvalue weighted by molar-refractivity contribution is 5.82. The summed E-state index contributed by atoms with van der Waals surface area (Å²) < 4.78 is 4.95. The Morgan fingerprint density at radius 1 is 1.44 bits per heavy atom. The fourth-order valence-electron chi connectivity index (χ4n) is 1.78. The molecule has 1 aromatic rings. The maximum absolute atomic E-state index is 11.1. The number of hydrogen-bond acceptors (Lipinski definition) is 4. The summed E-state index contributed by atoms with van der Waals surface area (Å²) in [4.78, 5) is 22.0. The molecule has 1 saturated heterocycles. The van der Waals surface area contributed by atoms with Crippen LogP contribution in [0.3, 0.4) is 0 Å². The molecule has 1 fully saturated rings. The number of esters is 1. The van der Waals surface area contributed by atoms with Crippen molar-refractivity contribution in [3.63, 3.8) is 0 Å². The normalized spacial score (nSPS) is 24.1. The van der Waals surface area contributed by atoms with Crippen LogP contribution in [0.4, 0.5) is 0 Å². The van der Waals surface area contributed by atoms with Crippen molar-refractivity contribution in [1.82, 2.24) is 0 Å². The maximum atomic E-state index is 11.1. The highest BCUT2D eigenvalue weighted by Crippen LogP contribution is 2.36. The lowest BCUT2D eigenvalue weighted by Crippen LogP contribution is -2.17. The maximum Gasteiger partial charge on any atom is 0.311 e. The number of hydrogen-bond donors (Lipinski definition) is 2. The Morgan fingerprint density at radius 2 is 2.19 bits per heavy atom. The number of phenols is 1. The summed E-state index contributed by atoms with van der Waals surface area (Å²) in [5.41, 5.74) is 0.498. The van der Waals surface area contributed by atoms with Crippen LogP contribution in [-0.2, 0) is 14.3 Å². The van der Waals surface area contributed by atoms with Gasteiger partial charge in [0, 0.05) is 0 Å². The Hall–Kier alpha value is -2.04. The third-order valence-corrected chi connectivity index (χ3v) is 2.53. The molecule has 0 saturated carbocycles. The van der Waals surface area contributed by atoms with Crippen molar-refractivity contribution in [2.75, 3.05) is 0 Å². The van der Waals surface area contributed by atoms with Crippen LogP contribution in [0.5, 0.6) is 5.75 Å². The first-order valence-corrected chi connectivity index (χ1v) is 4.79. The number of benzene rings is 1. The number of carbonyl (C=O) groups is 2. The zero-order chi connectivity index (χ0) is 11.7. The van der Waals surface area contributed by atoms with Crippen LogP contribution in [0, 0.1) is 5.92 Å². The quantitative estimate of drug-likeness (QED) is 0.731. The van der Waals surface area contributed by atoms with Crippen LogP contribution in [0.2, 0.25) is 0 Å². The molecule has 0 aliphatic carbocycles. The second-order valence-corrected chi connectivity index (χ2v) is 3.65. The van der Waals surface area contributed by atoms with Crippen LogP contribution in [0.25, 0.3) is 0 Å². The molecular weight excluding hydrogens is 212 g/mol. The molecule has 0 aromatic heterocycles. The van der Waals surface area contributed by atoms with Gasteiger partial charge in [0.15, 0.2) is 0 Å². The second kappa shape index (κ2) is 3.84. The Labute approximate surface area is 91.3 Å². The van der Waals surface area contributed by atoms with Crippen molar-refractivity contribution in [1.29, 1.82) is 0 Å². The van der Waals surface area contributed by atoms with Crippen molar-refractivity contribution in [3.05, 3.63) is 29.8 Å². The second-order valence-electron chi connectivity index (χ2n) is 3.65. The Morgan fingerprint density at radius 3 is 2.81 bits per heavy atom. The zero-order valence-electron chi connectivity index (χ0n) is 8.29. The van der Waals surface area contributed by atoms with E-state index in [1.807, 2.05) is 0 Å². The van der Waals surface area contributed by atoms with E-state index in [1.165, 1.54) is 12.1 Å². The van der Waals surface area contributed by atoms with Crippen LogP contribution in [-0.4, -0.2) is 22.2 Å². The summed E-state index contributed by atoms with van der Waals surface area (Å²) in [5.74, 6) is -2.46. The molecule has 1 aliphatic heterocycles. The molecule has 5 heteroatoms. The van der Waals surface area contributed by atoms with Gasteiger partial charge in [0.2, 0.25) is 0 Å². The van der Waals surface area contributed by atoms with Gasteiger partial charge in [0.1, 0.15) is 17.8 Å². The fraction of sp³-hybridized carbons (Fsp3) is 0.273. The summed E-state index contributed by atoms with van der Waals surface area (Å²) in [7, 11) is 0. The van der Waals surface area contributed by atoms with Crippen LogP contribution >= 0.6 is 0 Å². The average molecular weight is 222 g/mol. The molecular formula is C11H10O5.